The lowest BCUT2D eigenvalue weighted by atomic mass is 9.87. The fraction of sp³-hybridized carbons (Fsp3) is 0.286. The molecule has 1 heterocycles. The predicted molar refractivity (Wildman–Crippen MR) is 68.6 cm³/mol. The van der Waals surface area contributed by atoms with Crippen molar-refractivity contribution < 1.29 is 4.39 Å². The molecular formula is C14H14FNS. The summed E-state index contributed by atoms with van der Waals surface area (Å²) in [7, 11) is 0. The Morgan fingerprint density at radius 1 is 1.35 bits per heavy atom. The van der Waals surface area contributed by atoms with Gasteiger partial charge in [0.25, 0.3) is 0 Å². The van der Waals surface area contributed by atoms with Crippen LogP contribution in [0.3, 0.4) is 0 Å². The van der Waals surface area contributed by atoms with Crippen LogP contribution in [-0.2, 0) is 18.4 Å². The van der Waals surface area contributed by atoms with Crippen LogP contribution in [0.4, 0.5) is 4.39 Å². The molecule has 0 amide bonds. The van der Waals surface area contributed by atoms with Gasteiger partial charge in [0.2, 0.25) is 0 Å². The standard InChI is InChI=1S/C14H14FNS/c15-12-1-2-13-11(7-12)3-5-14(13,16)8-10-4-6-17-9-10/h1-2,4,6-7,9H,3,5,8,16H2. The van der Waals surface area contributed by atoms with Crippen LogP contribution in [0.2, 0.25) is 0 Å². The van der Waals surface area contributed by atoms with Gasteiger partial charge in [-0.15, -0.1) is 0 Å². The van der Waals surface area contributed by atoms with Crippen molar-refractivity contribution in [2.24, 2.45) is 5.73 Å². The van der Waals surface area contributed by atoms with Gasteiger partial charge in [-0.25, -0.2) is 4.39 Å². The van der Waals surface area contributed by atoms with Crippen LogP contribution in [0, 0.1) is 5.82 Å². The molecule has 1 aromatic carbocycles. The molecule has 1 unspecified atom stereocenters. The largest absolute Gasteiger partial charge is 0.321 e. The van der Waals surface area contributed by atoms with Crippen molar-refractivity contribution in [3.63, 3.8) is 0 Å². The summed E-state index contributed by atoms with van der Waals surface area (Å²) in [6.45, 7) is 0. The van der Waals surface area contributed by atoms with Gasteiger partial charge in [-0.2, -0.15) is 11.3 Å². The van der Waals surface area contributed by atoms with Gasteiger partial charge in [0.1, 0.15) is 5.82 Å². The van der Waals surface area contributed by atoms with E-state index >= 15 is 0 Å². The van der Waals surface area contributed by atoms with Crippen LogP contribution in [0.15, 0.2) is 35.0 Å². The highest BCUT2D eigenvalue weighted by Crippen LogP contribution is 2.37. The molecular weight excluding hydrogens is 233 g/mol. The zero-order valence-corrected chi connectivity index (χ0v) is 10.3. The number of benzene rings is 1. The smallest absolute Gasteiger partial charge is 0.123 e. The number of hydrogen-bond acceptors (Lipinski definition) is 2. The summed E-state index contributed by atoms with van der Waals surface area (Å²) >= 11 is 1.69. The van der Waals surface area contributed by atoms with Crippen LogP contribution >= 0.6 is 11.3 Å². The van der Waals surface area contributed by atoms with E-state index in [1.807, 2.05) is 6.07 Å². The Morgan fingerprint density at radius 3 is 3.00 bits per heavy atom. The number of fused-ring (bicyclic) bond motifs is 1. The average Bonchev–Trinajstić information content (AvgIpc) is 2.88. The van der Waals surface area contributed by atoms with Crippen LogP contribution in [0.5, 0.6) is 0 Å². The van der Waals surface area contributed by atoms with Crippen LogP contribution in [0.1, 0.15) is 23.1 Å². The fourth-order valence-electron chi connectivity index (χ4n) is 2.69. The summed E-state index contributed by atoms with van der Waals surface area (Å²) in [5.74, 6) is -0.163. The maximum absolute atomic E-state index is 13.2. The molecule has 0 aliphatic heterocycles. The van der Waals surface area contributed by atoms with Gasteiger partial charge >= 0.3 is 0 Å². The third kappa shape index (κ3) is 1.90. The van der Waals surface area contributed by atoms with Crippen molar-refractivity contribution in [2.75, 3.05) is 0 Å². The highest BCUT2D eigenvalue weighted by atomic mass is 32.1. The Morgan fingerprint density at radius 2 is 2.24 bits per heavy atom. The lowest BCUT2D eigenvalue weighted by molar-refractivity contribution is 0.439. The molecule has 0 saturated carbocycles. The van der Waals surface area contributed by atoms with E-state index in [1.165, 1.54) is 11.6 Å². The van der Waals surface area contributed by atoms with E-state index in [1.54, 1.807) is 17.4 Å². The highest BCUT2D eigenvalue weighted by molar-refractivity contribution is 7.07. The van der Waals surface area contributed by atoms with Gasteiger partial charge in [0, 0.05) is 5.54 Å². The van der Waals surface area contributed by atoms with Crippen molar-refractivity contribution in [2.45, 2.75) is 24.8 Å². The molecule has 17 heavy (non-hydrogen) atoms. The average molecular weight is 247 g/mol. The van der Waals surface area contributed by atoms with Crippen LogP contribution in [-0.4, -0.2) is 0 Å². The van der Waals surface area contributed by atoms with Crippen LogP contribution in [0.25, 0.3) is 0 Å². The minimum absolute atomic E-state index is 0.163. The zero-order valence-electron chi connectivity index (χ0n) is 9.45. The van der Waals surface area contributed by atoms with E-state index in [2.05, 4.69) is 16.8 Å². The fourth-order valence-corrected chi connectivity index (χ4v) is 3.36. The van der Waals surface area contributed by atoms with E-state index < -0.39 is 0 Å². The Bertz CT molecular complexity index is 535. The Balaban J connectivity index is 1.96. The molecule has 0 spiro atoms. The Hall–Kier alpha value is -1.19. The molecule has 1 aromatic heterocycles. The topological polar surface area (TPSA) is 26.0 Å². The first-order chi connectivity index (χ1) is 8.17. The second-order valence-corrected chi connectivity index (χ2v) is 5.55. The van der Waals surface area contributed by atoms with Gasteiger partial charge in [-0.3, -0.25) is 0 Å². The minimum Gasteiger partial charge on any atom is -0.321 e. The van der Waals surface area contributed by atoms with E-state index in [0.717, 1.165) is 30.4 Å². The summed E-state index contributed by atoms with van der Waals surface area (Å²) in [6.07, 6.45) is 2.63. The van der Waals surface area contributed by atoms with Crippen molar-refractivity contribution in [1.82, 2.24) is 0 Å². The molecule has 3 rings (SSSR count). The number of thiophene rings is 1. The second kappa shape index (κ2) is 3.93. The SMILES string of the molecule is NC1(Cc2ccsc2)CCc2cc(F)ccc21. The molecule has 1 aliphatic carbocycles. The van der Waals surface area contributed by atoms with Gasteiger partial charge in [-0.05, 0) is 64.9 Å². The molecule has 1 aliphatic rings. The molecule has 1 nitrogen and oxygen atoms in total. The Kier molecular flexibility index (Phi) is 2.53. The summed E-state index contributed by atoms with van der Waals surface area (Å²) in [6, 6.07) is 7.10. The number of rotatable bonds is 2. The summed E-state index contributed by atoms with van der Waals surface area (Å²) in [4.78, 5) is 0. The van der Waals surface area contributed by atoms with Crippen molar-refractivity contribution in [3.8, 4) is 0 Å². The minimum atomic E-state index is -0.315. The third-order valence-corrected chi connectivity index (χ3v) is 4.28. The van der Waals surface area contributed by atoms with Crippen molar-refractivity contribution in [3.05, 3.63) is 57.5 Å². The zero-order chi connectivity index (χ0) is 11.9. The number of halogens is 1. The van der Waals surface area contributed by atoms with Crippen LogP contribution < -0.4 is 5.73 Å². The van der Waals surface area contributed by atoms with E-state index in [0.29, 0.717) is 0 Å². The summed E-state index contributed by atoms with van der Waals surface area (Å²) in [5.41, 5.74) is 9.64. The molecule has 0 radical (unpaired) electrons. The normalized spacial score (nSPS) is 22.7. The maximum Gasteiger partial charge on any atom is 0.123 e. The third-order valence-electron chi connectivity index (χ3n) is 3.54. The molecule has 2 aromatic rings. The van der Waals surface area contributed by atoms with E-state index in [4.69, 9.17) is 5.73 Å². The molecule has 0 bridgehead atoms. The summed E-state index contributed by atoms with van der Waals surface area (Å²) < 4.78 is 13.2. The predicted octanol–water partition coefficient (Wildman–Crippen LogP) is 3.23. The lowest BCUT2D eigenvalue weighted by Crippen LogP contribution is -2.36. The Labute approximate surface area is 104 Å². The molecule has 3 heteroatoms. The van der Waals surface area contributed by atoms with Gasteiger partial charge < -0.3 is 5.73 Å². The van der Waals surface area contributed by atoms with Gasteiger partial charge in [0.05, 0.1) is 0 Å². The monoisotopic (exact) mass is 247 g/mol. The van der Waals surface area contributed by atoms with Crippen molar-refractivity contribution >= 4 is 11.3 Å². The molecule has 88 valence electrons. The van der Waals surface area contributed by atoms with E-state index in [-0.39, 0.29) is 11.4 Å². The number of hydrogen-bond donors (Lipinski definition) is 1. The lowest BCUT2D eigenvalue weighted by Gasteiger charge is -2.25. The molecule has 1 atom stereocenters. The number of aryl methyl sites for hydroxylation is 1. The summed E-state index contributed by atoms with van der Waals surface area (Å²) in [5, 5.41) is 4.20. The van der Waals surface area contributed by atoms with Gasteiger partial charge in [-0.1, -0.05) is 6.07 Å². The first-order valence-corrected chi connectivity index (χ1v) is 6.70. The maximum atomic E-state index is 13.2. The quantitative estimate of drug-likeness (QED) is 0.866. The van der Waals surface area contributed by atoms with Gasteiger partial charge in [0.15, 0.2) is 0 Å². The molecule has 0 saturated heterocycles. The first-order valence-electron chi connectivity index (χ1n) is 5.76. The highest BCUT2D eigenvalue weighted by Gasteiger charge is 2.35. The van der Waals surface area contributed by atoms with E-state index in [9.17, 15) is 4.39 Å². The molecule has 0 fully saturated rings. The number of nitrogens with two attached hydrogens (primary N) is 1. The van der Waals surface area contributed by atoms with Crippen molar-refractivity contribution in [1.29, 1.82) is 0 Å². The second-order valence-electron chi connectivity index (χ2n) is 4.77. The molecule has 2 N–H and O–H groups in total. The first kappa shape index (κ1) is 10.9.